The van der Waals surface area contributed by atoms with Gasteiger partial charge in [-0.1, -0.05) is 29.5 Å². The maximum atomic E-state index is 11.0. The molecule has 28 heavy (non-hydrogen) atoms. The molecule has 0 saturated carbocycles. The number of non-ortho nitro benzene ring substituents is 1. The van der Waals surface area contributed by atoms with Crippen LogP contribution < -0.4 is 5.32 Å². The summed E-state index contributed by atoms with van der Waals surface area (Å²) in [5, 5.41) is 19.9. The largest absolute Gasteiger partial charge is 0.315 e. The summed E-state index contributed by atoms with van der Waals surface area (Å²) in [6, 6.07) is 14.3. The number of aromatic nitrogens is 5. The lowest BCUT2D eigenvalue weighted by atomic mass is 10.3. The van der Waals surface area contributed by atoms with Gasteiger partial charge in [-0.2, -0.15) is 5.10 Å². The van der Waals surface area contributed by atoms with Crippen LogP contribution in [0.1, 0.15) is 0 Å². The number of thiazole rings is 1. The van der Waals surface area contributed by atoms with Gasteiger partial charge in [0.05, 0.1) is 32.4 Å². The number of hydrogen-bond donors (Lipinski definition) is 1. The van der Waals surface area contributed by atoms with E-state index in [1.165, 1.54) is 29.8 Å². The second-order valence-electron chi connectivity index (χ2n) is 5.90. The molecule has 2 aromatic carbocycles. The number of para-hydroxylation sites is 1. The standard InChI is InChI=1S/C18H11N7O2S/c26-25(27)12-6-7-14-15(8-12)28-18(22-14)23-16-13-9-21-24(17(13)20-10-19-16)11-4-2-1-3-5-11/h1-10H,(H,19,20,22,23). The quantitative estimate of drug-likeness (QED) is 0.364. The molecule has 5 aromatic rings. The predicted octanol–water partition coefficient (Wildman–Crippen LogP) is 4.08. The summed E-state index contributed by atoms with van der Waals surface area (Å²) in [7, 11) is 0. The van der Waals surface area contributed by atoms with Crippen LogP contribution in [-0.4, -0.2) is 29.7 Å². The zero-order valence-corrected chi connectivity index (χ0v) is 15.0. The number of rotatable bonds is 4. The Morgan fingerprint density at radius 2 is 1.96 bits per heavy atom. The van der Waals surface area contributed by atoms with Crippen molar-refractivity contribution < 1.29 is 4.92 Å². The Kier molecular flexibility index (Phi) is 3.69. The maximum Gasteiger partial charge on any atom is 0.270 e. The molecule has 0 amide bonds. The van der Waals surface area contributed by atoms with E-state index in [9.17, 15) is 10.1 Å². The third-order valence-electron chi connectivity index (χ3n) is 4.17. The molecule has 0 aliphatic heterocycles. The molecule has 0 atom stereocenters. The van der Waals surface area contributed by atoms with Gasteiger partial charge in [-0.15, -0.1) is 0 Å². The highest BCUT2D eigenvalue weighted by Crippen LogP contribution is 2.32. The van der Waals surface area contributed by atoms with Crippen LogP contribution >= 0.6 is 11.3 Å². The van der Waals surface area contributed by atoms with Crippen LogP contribution in [0.3, 0.4) is 0 Å². The molecule has 0 aliphatic rings. The van der Waals surface area contributed by atoms with Crippen molar-refractivity contribution in [3.8, 4) is 5.69 Å². The SMILES string of the molecule is O=[N+]([O-])c1ccc2nc(Nc3ncnc4c3cnn4-c3ccccc3)sc2c1. The Balaban J connectivity index is 1.54. The molecule has 10 heteroatoms. The highest BCUT2D eigenvalue weighted by atomic mass is 32.1. The maximum absolute atomic E-state index is 11.0. The van der Waals surface area contributed by atoms with Crippen LogP contribution in [0.25, 0.3) is 26.9 Å². The Labute approximate surface area is 161 Å². The zero-order valence-electron chi connectivity index (χ0n) is 14.2. The first-order valence-corrected chi connectivity index (χ1v) is 9.07. The summed E-state index contributed by atoms with van der Waals surface area (Å²) in [5.41, 5.74) is 2.29. The zero-order chi connectivity index (χ0) is 19.1. The average molecular weight is 389 g/mol. The minimum absolute atomic E-state index is 0.0382. The third kappa shape index (κ3) is 2.72. The normalized spacial score (nSPS) is 11.1. The van der Waals surface area contributed by atoms with Crippen molar-refractivity contribution in [1.29, 1.82) is 0 Å². The molecule has 5 rings (SSSR count). The summed E-state index contributed by atoms with van der Waals surface area (Å²) in [4.78, 5) is 23.7. The van der Waals surface area contributed by atoms with Gasteiger partial charge in [-0.25, -0.2) is 19.6 Å². The molecule has 0 fully saturated rings. The van der Waals surface area contributed by atoms with Crippen LogP contribution in [0.2, 0.25) is 0 Å². The number of anilines is 2. The van der Waals surface area contributed by atoms with Crippen molar-refractivity contribution in [2.45, 2.75) is 0 Å². The number of nitrogens with zero attached hydrogens (tertiary/aromatic N) is 6. The lowest BCUT2D eigenvalue weighted by molar-refractivity contribution is -0.384. The lowest BCUT2D eigenvalue weighted by Crippen LogP contribution is -1.99. The molecule has 0 saturated heterocycles. The average Bonchev–Trinajstić information content (AvgIpc) is 3.32. The summed E-state index contributed by atoms with van der Waals surface area (Å²) < 4.78 is 2.46. The molecule has 0 aliphatic carbocycles. The highest BCUT2D eigenvalue weighted by Gasteiger charge is 2.14. The number of nitrogens with one attached hydrogen (secondary N) is 1. The van der Waals surface area contributed by atoms with Crippen LogP contribution in [0, 0.1) is 10.1 Å². The van der Waals surface area contributed by atoms with Gasteiger partial charge in [0.2, 0.25) is 0 Å². The van der Waals surface area contributed by atoms with E-state index in [-0.39, 0.29) is 5.69 Å². The van der Waals surface area contributed by atoms with Crippen molar-refractivity contribution in [3.63, 3.8) is 0 Å². The molecule has 9 nitrogen and oxygen atoms in total. The van der Waals surface area contributed by atoms with Crippen LogP contribution in [0.4, 0.5) is 16.6 Å². The number of nitro benzene ring substituents is 1. The van der Waals surface area contributed by atoms with E-state index in [1.54, 1.807) is 16.9 Å². The fraction of sp³-hybridized carbons (Fsp3) is 0. The Morgan fingerprint density at radius 1 is 1.11 bits per heavy atom. The summed E-state index contributed by atoms with van der Waals surface area (Å²) in [6.45, 7) is 0. The third-order valence-corrected chi connectivity index (χ3v) is 5.11. The van der Waals surface area contributed by atoms with E-state index in [1.807, 2.05) is 30.3 Å². The monoisotopic (exact) mass is 389 g/mol. The molecular weight excluding hydrogens is 378 g/mol. The van der Waals surface area contributed by atoms with E-state index in [0.29, 0.717) is 22.1 Å². The lowest BCUT2D eigenvalue weighted by Gasteiger charge is -2.04. The fourth-order valence-electron chi connectivity index (χ4n) is 2.88. The summed E-state index contributed by atoms with van der Waals surface area (Å²) in [6.07, 6.45) is 3.16. The molecule has 3 aromatic heterocycles. The van der Waals surface area contributed by atoms with Gasteiger partial charge >= 0.3 is 0 Å². The van der Waals surface area contributed by atoms with Gasteiger partial charge in [0.15, 0.2) is 10.8 Å². The number of benzene rings is 2. The summed E-state index contributed by atoms with van der Waals surface area (Å²) in [5.74, 6) is 0.570. The first-order valence-electron chi connectivity index (χ1n) is 8.25. The topological polar surface area (TPSA) is 112 Å². The van der Waals surface area contributed by atoms with Gasteiger partial charge in [-0.05, 0) is 18.2 Å². The van der Waals surface area contributed by atoms with Crippen molar-refractivity contribution in [2.75, 3.05) is 5.32 Å². The van der Waals surface area contributed by atoms with E-state index in [4.69, 9.17) is 0 Å². The minimum Gasteiger partial charge on any atom is -0.315 e. The Bertz CT molecular complexity index is 1330. The Morgan fingerprint density at radius 3 is 2.79 bits per heavy atom. The van der Waals surface area contributed by atoms with Crippen molar-refractivity contribution in [1.82, 2.24) is 24.7 Å². The van der Waals surface area contributed by atoms with E-state index in [0.717, 1.165) is 15.8 Å². The molecule has 0 radical (unpaired) electrons. The Hall–Kier alpha value is -3.92. The minimum atomic E-state index is -0.418. The second kappa shape index (κ2) is 6.35. The van der Waals surface area contributed by atoms with Crippen LogP contribution in [0.15, 0.2) is 61.1 Å². The highest BCUT2D eigenvalue weighted by molar-refractivity contribution is 7.22. The first kappa shape index (κ1) is 16.3. The first-order chi connectivity index (χ1) is 13.7. The van der Waals surface area contributed by atoms with E-state index in [2.05, 4.69) is 25.4 Å². The molecule has 0 unspecified atom stereocenters. The van der Waals surface area contributed by atoms with Gasteiger partial charge in [0, 0.05) is 12.1 Å². The van der Waals surface area contributed by atoms with Gasteiger partial charge < -0.3 is 5.32 Å². The smallest absolute Gasteiger partial charge is 0.270 e. The van der Waals surface area contributed by atoms with Crippen molar-refractivity contribution in [3.05, 3.63) is 71.2 Å². The van der Waals surface area contributed by atoms with E-state index < -0.39 is 4.92 Å². The van der Waals surface area contributed by atoms with E-state index >= 15 is 0 Å². The second-order valence-corrected chi connectivity index (χ2v) is 6.94. The molecule has 1 N–H and O–H groups in total. The summed E-state index contributed by atoms with van der Waals surface area (Å²) >= 11 is 1.32. The van der Waals surface area contributed by atoms with Gasteiger partial charge in [0.25, 0.3) is 5.69 Å². The van der Waals surface area contributed by atoms with Gasteiger partial charge in [-0.3, -0.25) is 10.1 Å². The molecule has 136 valence electrons. The molecule has 0 bridgehead atoms. The molecule has 3 heterocycles. The number of nitro groups is 1. The van der Waals surface area contributed by atoms with Crippen molar-refractivity contribution >= 4 is 49.2 Å². The van der Waals surface area contributed by atoms with Crippen LogP contribution in [0.5, 0.6) is 0 Å². The number of hydrogen-bond acceptors (Lipinski definition) is 8. The fourth-order valence-corrected chi connectivity index (χ4v) is 3.78. The number of fused-ring (bicyclic) bond motifs is 2. The van der Waals surface area contributed by atoms with Gasteiger partial charge in [0.1, 0.15) is 12.1 Å². The molecular formula is C18H11N7O2S. The van der Waals surface area contributed by atoms with Crippen LogP contribution in [-0.2, 0) is 0 Å². The van der Waals surface area contributed by atoms with Crippen molar-refractivity contribution in [2.24, 2.45) is 0 Å². The predicted molar refractivity (Wildman–Crippen MR) is 106 cm³/mol. The molecule has 0 spiro atoms.